The second-order valence-electron chi connectivity index (χ2n) is 8.33. The maximum atomic E-state index is 12.7. The van der Waals surface area contributed by atoms with Crippen LogP contribution in [0.2, 0.25) is 0 Å². The first-order valence-corrected chi connectivity index (χ1v) is 9.10. The predicted octanol–water partition coefficient (Wildman–Crippen LogP) is 3.30. The number of ether oxygens (including phenoxy) is 1. The van der Waals surface area contributed by atoms with Crippen LogP contribution in [0, 0.1) is 0 Å². The topological polar surface area (TPSA) is 60.2 Å². The van der Waals surface area contributed by atoms with E-state index < -0.39 is 5.60 Å². The summed E-state index contributed by atoms with van der Waals surface area (Å²) in [5, 5.41) is 8.51. The summed E-state index contributed by atoms with van der Waals surface area (Å²) in [5.74, 6) is 0.108. The molecule has 0 N–H and O–H groups in total. The molecule has 1 saturated heterocycles. The molecule has 6 heteroatoms. The quantitative estimate of drug-likeness (QED) is 0.825. The first kappa shape index (κ1) is 18.6. The lowest BCUT2D eigenvalue weighted by Crippen LogP contribution is -2.43. The maximum absolute atomic E-state index is 12.7. The Balaban J connectivity index is 1.70. The number of amides is 1. The Kier molecular flexibility index (Phi) is 4.88. The van der Waals surface area contributed by atoms with Gasteiger partial charge in [0.1, 0.15) is 17.3 Å². The minimum atomic E-state index is -0.584. The standard InChI is InChI=1S/C20H28N4O2/c1-19(2,3)23-12-11-16(18(23)25)24-13-17(21-22-24)20(4,5)26-14-15-9-7-6-8-10-15/h6-10,13,16H,11-12,14H2,1-5H3. The molecule has 1 amide bonds. The summed E-state index contributed by atoms with van der Waals surface area (Å²) >= 11 is 0. The van der Waals surface area contributed by atoms with Crippen molar-refractivity contribution in [3.63, 3.8) is 0 Å². The van der Waals surface area contributed by atoms with Crippen molar-refractivity contribution in [2.24, 2.45) is 0 Å². The van der Waals surface area contributed by atoms with Crippen molar-refractivity contribution in [2.45, 2.75) is 64.8 Å². The lowest BCUT2D eigenvalue weighted by Gasteiger charge is -2.31. The molecular weight excluding hydrogens is 328 g/mol. The van der Waals surface area contributed by atoms with Crippen molar-refractivity contribution >= 4 is 5.91 Å². The third-order valence-electron chi connectivity index (χ3n) is 4.88. The molecule has 6 nitrogen and oxygen atoms in total. The summed E-state index contributed by atoms with van der Waals surface area (Å²) in [5.41, 5.74) is 1.09. The van der Waals surface area contributed by atoms with Crippen LogP contribution < -0.4 is 0 Å². The monoisotopic (exact) mass is 356 g/mol. The molecule has 1 aromatic heterocycles. The minimum Gasteiger partial charge on any atom is -0.364 e. The van der Waals surface area contributed by atoms with E-state index in [2.05, 4.69) is 31.1 Å². The van der Waals surface area contributed by atoms with Crippen LogP contribution >= 0.6 is 0 Å². The van der Waals surface area contributed by atoms with E-state index in [-0.39, 0.29) is 17.5 Å². The molecule has 1 aliphatic heterocycles. The molecule has 3 rings (SSSR count). The first-order valence-electron chi connectivity index (χ1n) is 9.10. The molecule has 0 radical (unpaired) electrons. The Morgan fingerprint density at radius 3 is 2.46 bits per heavy atom. The third-order valence-corrected chi connectivity index (χ3v) is 4.88. The second kappa shape index (κ2) is 6.83. The SMILES string of the molecule is CC(C)(OCc1ccccc1)c1cn(C2CCN(C(C)(C)C)C2=O)nn1. The number of carbonyl (C=O) groups is 1. The fourth-order valence-corrected chi connectivity index (χ4v) is 3.19. The molecule has 1 unspecified atom stereocenters. The zero-order valence-corrected chi connectivity index (χ0v) is 16.3. The molecular formula is C20H28N4O2. The predicted molar refractivity (Wildman–Crippen MR) is 99.4 cm³/mol. The van der Waals surface area contributed by atoms with E-state index in [0.717, 1.165) is 24.2 Å². The zero-order chi connectivity index (χ0) is 18.9. The first-order chi connectivity index (χ1) is 12.2. The Morgan fingerprint density at radius 2 is 1.85 bits per heavy atom. The number of rotatable bonds is 5. The largest absolute Gasteiger partial charge is 0.364 e. The molecule has 1 fully saturated rings. The van der Waals surface area contributed by atoms with Crippen LogP contribution in [0.5, 0.6) is 0 Å². The average Bonchev–Trinajstić information content (AvgIpc) is 3.20. The summed E-state index contributed by atoms with van der Waals surface area (Å²) in [4.78, 5) is 14.6. The van der Waals surface area contributed by atoms with E-state index >= 15 is 0 Å². The zero-order valence-electron chi connectivity index (χ0n) is 16.3. The Hall–Kier alpha value is -2.21. The van der Waals surface area contributed by atoms with Crippen LogP contribution in [0.4, 0.5) is 0 Å². The van der Waals surface area contributed by atoms with Crippen molar-refractivity contribution in [3.05, 3.63) is 47.8 Å². The number of hydrogen-bond acceptors (Lipinski definition) is 4. The van der Waals surface area contributed by atoms with E-state index in [1.54, 1.807) is 4.68 Å². The summed E-state index contributed by atoms with van der Waals surface area (Å²) in [6.07, 6.45) is 2.60. The van der Waals surface area contributed by atoms with Crippen LogP contribution in [-0.2, 0) is 21.7 Å². The van der Waals surface area contributed by atoms with Gasteiger partial charge in [0.2, 0.25) is 5.91 Å². The van der Waals surface area contributed by atoms with Crippen molar-refractivity contribution in [1.29, 1.82) is 0 Å². The highest BCUT2D eigenvalue weighted by atomic mass is 16.5. The van der Waals surface area contributed by atoms with Crippen molar-refractivity contribution in [1.82, 2.24) is 19.9 Å². The van der Waals surface area contributed by atoms with Gasteiger partial charge in [0.25, 0.3) is 0 Å². The summed E-state index contributed by atoms with van der Waals surface area (Å²) in [6, 6.07) is 9.76. The Bertz CT molecular complexity index is 762. The summed E-state index contributed by atoms with van der Waals surface area (Å²) in [6.45, 7) is 11.4. The smallest absolute Gasteiger partial charge is 0.248 e. The van der Waals surface area contributed by atoms with Crippen molar-refractivity contribution < 1.29 is 9.53 Å². The molecule has 0 saturated carbocycles. The van der Waals surface area contributed by atoms with Gasteiger partial charge in [0, 0.05) is 12.1 Å². The van der Waals surface area contributed by atoms with Gasteiger partial charge in [-0.25, -0.2) is 4.68 Å². The van der Waals surface area contributed by atoms with Gasteiger partial charge >= 0.3 is 0 Å². The van der Waals surface area contributed by atoms with Gasteiger partial charge in [-0.3, -0.25) is 4.79 Å². The second-order valence-corrected chi connectivity index (χ2v) is 8.33. The van der Waals surface area contributed by atoms with Crippen LogP contribution in [-0.4, -0.2) is 37.9 Å². The number of benzene rings is 1. The molecule has 0 aliphatic carbocycles. The highest BCUT2D eigenvalue weighted by Crippen LogP contribution is 2.30. The van der Waals surface area contributed by atoms with Gasteiger partial charge in [-0.2, -0.15) is 0 Å². The fourth-order valence-electron chi connectivity index (χ4n) is 3.19. The highest BCUT2D eigenvalue weighted by Gasteiger charge is 2.39. The lowest BCUT2D eigenvalue weighted by atomic mass is 10.1. The number of carbonyl (C=O) groups excluding carboxylic acids is 1. The van der Waals surface area contributed by atoms with E-state index in [1.807, 2.05) is 55.3 Å². The molecule has 26 heavy (non-hydrogen) atoms. The number of likely N-dealkylation sites (tertiary alicyclic amines) is 1. The fraction of sp³-hybridized carbons (Fsp3) is 0.550. The Labute approximate surface area is 155 Å². The molecule has 0 bridgehead atoms. The third kappa shape index (κ3) is 3.80. The van der Waals surface area contributed by atoms with Gasteiger partial charge in [-0.1, -0.05) is 35.5 Å². The van der Waals surface area contributed by atoms with Crippen LogP contribution in [0.15, 0.2) is 36.5 Å². The molecule has 0 spiro atoms. The molecule has 140 valence electrons. The van der Waals surface area contributed by atoms with Crippen molar-refractivity contribution in [2.75, 3.05) is 6.54 Å². The van der Waals surface area contributed by atoms with E-state index in [0.29, 0.717) is 6.61 Å². The van der Waals surface area contributed by atoms with E-state index in [1.165, 1.54) is 0 Å². The molecule has 2 aromatic rings. The number of nitrogens with zero attached hydrogens (tertiary/aromatic N) is 4. The molecule has 2 heterocycles. The average molecular weight is 356 g/mol. The summed E-state index contributed by atoms with van der Waals surface area (Å²) in [7, 11) is 0. The maximum Gasteiger partial charge on any atom is 0.248 e. The summed E-state index contributed by atoms with van der Waals surface area (Å²) < 4.78 is 7.76. The van der Waals surface area contributed by atoms with Gasteiger partial charge in [0.05, 0.1) is 12.8 Å². The minimum absolute atomic E-state index is 0.108. The Morgan fingerprint density at radius 1 is 1.15 bits per heavy atom. The molecule has 1 atom stereocenters. The van der Waals surface area contributed by atoms with Gasteiger partial charge in [-0.15, -0.1) is 5.10 Å². The van der Waals surface area contributed by atoms with Crippen molar-refractivity contribution in [3.8, 4) is 0 Å². The van der Waals surface area contributed by atoms with E-state index in [4.69, 9.17) is 4.74 Å². The highest BCUT2D eigenvalue weighted by molar-refractivity contribution is 5.83. The molecule has 1 aliphatic rings. The van der Waals surface area contributed by atoms with Gasteiger partial charge in [-0.05, 0) is 46.6 Å². The normalized spacial score (nSPS) is 18.6. The van der Waals surface area contributed by atoms with Gasteiger partial charge < -0.3 is 9.64 Å². The van der Waals surface area contributed by atoms with Crippen LogP contribution in [0.1, 0.15) is 58.3 Å². The number of hydrogen-bond donors (Lipinski definition) is 0. The molecule has 1 aromatic carbocycles. The van der Waals surface area contributed by atoms with Crippen LogP contribution in [0.25, 0.3) is 0 Å². The lowest BCUT2D eigenvalue weighted by molar-refractivity contribution is -0.134. The van der Waals surface area contributed by atoms with Crippen LogP contribution in [0.3, 0.4) is 0 Å². The van der Waals surface area contributed by atoms with E-state index in [9.17, 15) is 4.79 Å². The number of aromatic nitrogens is 3. The van der Waals surface area contributed by atoms with Gasteiger partial charge in [0.15, 0.2) is 0 Å².